The minimum Gasteiger partial charge on any atom is -0.374 e. The summed E-state index contributed by atoms with van der Waals surface area (Å²) in [6.07, 6.45) is 2.33. The first-order chi connectivity index (χ1) is 8.60. The van der Waals surface area contributed by atoms with E-state index in [1.54, 1.807) is 0 Å². The summed E-state index contributed by atoms with van der Waals surface area (Å²) in [6.45, 7) is 8.80. The van der Waals surface area contributed by atoms with Crippen molar-refractivity contribution in [3.63, 3.8) is 0 Å². The van der Waals surface area contributed by atoms with Gasteiger partial charge in [-0.15, -0.1) is 0 Å². The van der Waals surface area contributed by atoms with Crippen LogP contribution in [0, 0.1) is 0 Å². The largest absolute Gasteiger partial charge is 0.374 e. The lowest BCUT2D eigenvalue weighted by Gasteiger charge is -2.25. The Morgan fingerprint density at radius 1 is 1.28 bits per heavy atom. The maximum Gasteiger partial charge on any atom is 0.0412 e. The fraction of sp³-hybridized carbons (Fsp3) is 0.600. The molecular formula is C15H25BrN2. The zero-order chi connectivity index (χ0) is 13.5. The summed E-state index contributed by atoms with van der Waals surface area (Å²) >= 11 is 3.57. The van der Waals surface area contributed by atoms with Crippen molar-refractivity contribution in [3.05, 3.63) is 28.2 Å². The van der Waals surface area contributed by atoms with E-state index in [2.05, 4.69) is 72.2 Å². The summed E-state index contributed by atoms with van der Waals surface area (Å²) in [5.41, 5.74) is 2.70. The molecule has 3 heteroatoms. The van der Waals surface area contributed by atoms with E-state index in [4.69, 9.17) is 0 Å². The molecule has 102 valence electrons. The summed E-state index contributed by atoms with van der Waals surface area (Å²) in [4.78, 5) is 2.34. The van der Waals surface area contributed by atoms with Crippen LogP contribution in [0.4, 0.5) is 5.69 Å². The molecule has 0 amide bonds. The highest BCUT2D eigenvalue weighted by molar-refractivity contribution is 9.10. The zero-order valence-corrected chi connectivity index (χ0v) is 13.5. The summed E-state index contributed by atoms with van der Waals surface area (Å²) in [7, 11) is 2.17. The lowest BCUT2D eigenvalue weighted by Crippen LogP contribution is -2.24. The van der Waals surface area contributed by atoms with Gasteiger partial charge in [-0.2, -0.15) is 0 Å². The Kier molecular flexibility index (Phi) is 6.72. The predicted octanol–water partition coefficient (Wildman–Crippen LogP) is 4.36. The van der Waals surface area contributed by atoms with Crippen LogP contribution in [0.5, 0.6) is 0 Å². The Labute approximate surface area is 120 Å². The fourth-order valence-corrected chi connectivity index (χ4v) is 2.53. The lowest BCUT2D eigenvalue weighted by atomic mass is 10.0. The number of halogens is 1. The van der Waals surface area contributed by atoms with Crippen molar-refractivity contribution in [2.45, 2.75) is 39.7 Å². The van der Waals surface area contributed by atoms with Gasteiger partial charge in [0.1, 0.15) is 0 Å². The van der Waals surface area contributed by atoms with E-state index < -0.39 is 0 Å². The Bertz CT molecular complexity index is 366. The van der Waals surface area contributed by atoms with E-state index in [1.165, 1.54) is 24.1 Å². The monoisotopic (exact) mass is 312 g/mol. The number of benzene rings is 1. The lowest BCUT2D eigenvalue weighted by molar-refractivity contribution is 0.569. The number of anilines is 1. The number of rotatable bonds is 7. The molecule has 0 aliphatic heterocycles. The minimum atomic E-state index is 0.386. The van der Waals surface area contributed by atoms with Crippen molar-refractivity contribution in [3.8, 4) is 0 Å². The van der Waals surface area contributed by atoms with Gasteiger partial charge in [0.15, 0.2) is 0 Å². The van der Waals surface area contributed by atoms with Gasteiger partial charge in [-0.25, -0.2) is 0 Å². The molecule has 1 rings (SSSR count). The van der Waals surface area contributed by atoms with Crippen LogP contribution in [0.25, 0.3) is 0 Å². The van der Waals surface area contributed by atoms with Crippen LogP contribution in [0.3, 0.4) is 0 Å². The highest BCUT2D eigenvalue weighted by Crippen LogP contribution is 2.29. The van der Waals surface area contributed by atoms with E-state index in [1.807, 2.05) is 0 Å². The van der Waals surface area contributed by atoms with Crippen molar-refractivity contribution < 1.29 is 0 Å². The van der Waals surface area contributed by atoms with Gasteiger partial charge in [0, 0.05) is 29.8 Å². The van der Waals surface area contributed by atoms with Crippen molar-refractivity contribution in [2.75, 3.05) is 25.0 Å². The van der Waals surface area contributed by atoms with Crippen LogP contribution < -0.4 is 10.2 Å². The first-order valence-electron chi connectivity index (χ1n) is 6.84. The summed E-state index contributed by atoms with van der Waals surface area (Å²) in [6, 6.07) is 6.95. The van der Waals surface area contributed by atoms with Crippen LogP contribution in [0.1, 0.15) is 45.2 Å². The second kappa shape index (κ2) is 7.80. The van der Waals surface area contributed by atoms with Crippen LogP contribution in [0.2, 0.25) is 0 Å². The maximum absolute atomic E-state index is 3.57. The van der Waals surface area contributed by atoms with Crippen molar-refractivity contribution in [2.24, 2.45) is 0 Å². The van der Waals surface area contributed by atoms with Gasteiger partial charge in [0.25, 0.3) is 0 Å². The molecule has 1 aromatic carbocycles. The van der Waals surface area contributed by atoms with Gasteiger partial charge in [0.05, 0.1) is 0 Å². The molecule has 1 aromatic rings. The molecule has 0 saturated carbocycles. The average Bonchev–Trinajstić information content (AvgIpc) is 2.36. The smallest absolute Gasteiger partial charge is 0.0412 e. The second-order valence-electron chi connectivity index (χ2n) is 4.80. The molecule has 0 bridgehead atoms. The zero-order valence-electron chi connectivity index (χ0n) is 12.0. The standard InChI is InChI=1S/C15H25BrN2/c1-5-9-17-12(3)14-11-13(16)7-8-15(14)18(4)10-6-2/h7-8,11-12,17H,5-6,9-10H2,1-4H3. The van der Waals surface area contributed by atoms with Gasteiger partial charge >= 0.3 is 0 Å². The SMILES string of the molecule is CCCNC(C)c1cc(Br)ccc1N(C)CCC. The molecule has 0 saturated heterocycles. The van der Waals surface area contributed by atoms with Gasteiger partial charge in [0.2, 0.25) is 0 Å². The molecular weight excluding hydrogens is 288 g/mol. The van der Waals surface area contributed by atoms with Crippen LogP contribution in [-0.2, 0) is 0 Å². The predicted molar refractivity (Wildman–Crippen MR) is 84.4 cm³/mol. The third-order valence-electron chi connectivity index (χ3n) is 3.13. The summed E-state index contributed by atoms with van der Waals surface area (Å²) in [5.74, 6) is 0. The molecule has 0 fully saturated rings. The van der Waals surface area contributed by atoms with Crippen LogP contribution in [0.15, 0.2) is 22.7 Å². The Hall–Kier alpha value is -0.540. The van der Waals surface area contributed by atoms with E-state index in [9.17, 15) is 0 Å². The molecule has 1 atom stereocenters. The summed E-state index contributed by atoms with van der Waals surface area (Å²) < 4.78 is 1.15. The number of hydrogen-bond donors (Lipinski definition) is 1. The molecule has 0 aliphatic carbocycles. The molecule has 1 unspecified atom stereocenters. The highest BCUT2D eigenvalue weighted by Gasteiger charge is 2.13. The minimum absolute atomic E-state index is 0.386. The molecule has 0 aliphatic rings. The second-order valence-corrected chi connectivity index (χ2v) is 5.72. The van der Waals surface area contributed by atoms with Gasteiger partial charge < -0.3 is 10.2 Å². The molecule has 18 heavy (non-hydrogen) atoms. The molecule has 0 heterocycles. The normalized spacial score (nSPS) is 12.5. The Morgan fingerprint density at radius 2 is 2.00 bits per heavy atom. The van der Waals surface area contributed by atoms with Crippen molar-refractivity contribution >= 4 is 21.6 Å². The first kappa shape index (κ1) is 15.5. The van der Waals surface area contributed by atoms with E-state index in [-0.39, 0.29) is 0 Å². The van der Waals surface area contributed by atoms with Gasteiger partial charge in [-0.05, 0) is 50.1 Å². The molecule has 0 radical (unpaired) electrons. The number of nitrogens with zero attached hydrogens (tertiary/aromatic N) is 1. The first-order valence-corrected chi connectivity index (χ1v) is 7.63. The fourth-order valence-electron chi connectivity index (χ4n) is 2.15. The number of nitrogens with one attached hydrogen (secondary N) is 1. The van der Waals surface area contributed by atoms with Crippen molar-refractivity contribution in [1.29, 1.82) is 0 Å². The van der Waals surface area contributed by atoms with E-state index in [0.717, 1.165) is 17.6 Å². The molecule has 0 aromatic heterocycles. The molecule has 2 nitrogen and oxygen atoms in total. The third-order valence-corrected chi connectivity index (χ3v) is 3.62. The molecule has 1 N–H and O–H groups in total. The van der Waals surface area contributed by atoms with Crippen LogP contribution >= 0.6 is 15.9 Å². The molecule has 0 spiro atoms. The quantitative estimate of drug-likeness (QED) is 0.805. The maximum atomic E-state index is 3.57. The number of hydrogen-bond acceptors (Lipinski definition) is 2. The van der Waals surface area contributed by atoms with Crippen LogP contribution in [-0.4, -0.2) is 20.1 Å². The average molecular weight is 313 g/mol. The van der Waals surface area contributed by atoms with Gasteiger partial charge in [-0.1, -0.05) is 29.8 Å². The third kappa shape index (κ3) is 4.29. The Morgan fingerprint density at radius 3 is 2.61 bits per heavy atom. The highest BCUT2D eigenvalue weighted by atomic mass is 79.9. The Balaban J connectivity index is 2.95. The van der Waals surface area contributed by atoms with Crippen molar-refractivity contribution in [1.82, 2.24) is 5.32 Å². The topological polar surface area (TPSA) is 15.3 Å². The van der Waals surface area contributed by atoms with E-state index >= 15 is 0 Å². The van der Waals surface area contributed by atoms with E-state index in [0.29, 0.717) is 6.04 Å². The summed E-state index contributed by atoms with van der Waals surface area (Å²) in [5, 5.41) is 3.57. The van der Waals surface area contributed by atoms with Gasteiger partial charge in [-0.3, -0.25) is 0 Å².